The topological polar surface area (TPSA) is 60.5 Å². The summed E-state index contributed by atoms with van der Waals surface area (Å²) < 4.78 is 11.0. The molecule has 2 heterocycles. The number of rotatable bonds is 6. The van der Waals surface area contributed by atoms with Gasteiger partial charge >= 0.3 is 0 Å². The first-order valence-corrected chi connectivity index (χ1v) is 8.75. The lowest BCUT2D eigenvalue weighted by atomic mass is 9.95. The number of aromatic nitrogens is 1. The first-order valence-electron chi connectivity index (χ1n) is 8.37. The van der Waals surface area contributed by atoms with Crippen molar-refractivity contribution in [2.75, 3.05) is 19.8 Å². The number of nitrogens with zero attached hydrogens (tertiary/aromatic N) is 1. The van der Waals surface area contributed by atoms with Gasteiger partial charge in [0.2, 0.25) is 0 Å². The molecule has 132 valence electrons. The van der Waals surface area contributed by atoms with Gasteiger partial charge in [0.25, 0.3) is 5.91 Å². The second-order valence-corrected chi connectivity index (χ2v) is 6.42. The minimum Gasteiger partial charge on any atom is -0.492 e. The molecule has 0 saturated carbocycles. The third kappa shape index (κ3) is 4.50. The van der Waals surface area contributed by atoms with Crippen LogP contribution in [0.25, 0.3) is 0 Å². The van der Waals surface area contributed by atoms with E-state index in [2.05, 4.69) is 10.3 Å². The van der Waals surface area contributed by atoms with Crippen LogP contribution in [0.2, 0.25) is 5.02 Å². The van der Waals surface area contributed by atoms with Crippen LogP contribution < -0.4 is 10.1 Å². The Balaban J connectivity index is 1.64. The summed E-state index contributed by atoms with van der Waals surface area (Å²) in [4.78, 5) is 16.6. The highest BCUT2D eigenvalue weighted by atomic mass is 35.5. The molecule has 0 bridgehead atoms. The van der Waals surface area contributed by atoms with Gasteiger partial charge in [-0.2, -0.15) is 0 Å². The lowest BCUT2D eigenvalue weighted by molar-refractivity contribution is 0.0925. The Bertz CT molecular complexity index is 724. The summed E-state index contributed by atoms with van der Waals surface area (Å²) in [6.45, 7) is 3.57. The van der Waals surface area contributed by atoms with Crippen molar-refractivity contribution in [2.24, 2.45) is 5.92 Å². The Morgan fingerprint density at radius 2 is 2.12 bits per heavy atom. The molecule has 0 aliphatic carbocycles. The van der Waals surface area contributed by atoms with E-state index in [0.717, 1.165) is 6.42 Å². The maximum absolute atomic E-state index is 12.5. The zero-order valence-electron chi connectivity index (χ0n) is 14.1. The molecule has 6 heteroatoms. The molecule has 1 aliphatic heterocycles. The molecule has 1 aromatic heterocycles. The lowest BCUT2D eigenvalue weighted by Gasteiger charge is -2.19. The van der Waals surface area contributed by atoms with Crippen molar-refractivity contribution in [2.45, 2.75) is 19.4 Å². The second kappa shape index (κ2) is 8.32. The molecule has 0 spiro atoms. The van der Waals surface area contributed by atoms with Gasteiger partial charge < -0.3 is 14.8 Å². The van der Waals surface area contributed by atoms with Gasteiger partial charge in [-0.25, -0.2) is 0 Å². The molecule has 5 nitrogen and oxygen atoms in total. The molecular weight excluding hydrogens is 340 g/mol. The number of amides is 1. The summed E-state index contributed by atoms with van der Waals surface area (Å²) in [6.07, 6.45) is 4.40. The van der Waals surface area contributed by atoms with Gasteiger partial charge in [-0.3, -0.25) is 9.78 Å². The smallest absolute Gasteiger partial charge is 0.251 e. The minimum absolute atomic E-state index is 0.0222. The van der Waals surface area contributed by atoms with Crippen molar-refractivity contribution in [1.29, 1.82) is 0 Å². The Labute approximate surface area is 152 Å². The van der Waals surface area contributed by atoms with Crippen molar-refractivity contribution in [3.63, 3.8) is 0 Å². The summed E-state index contributed by atoms with van der Waals surface area (Å²) >= 11 is 6.17. The monoisotopic (exact) mass is 360 g/mol. The van der Waals surface area contributed by atoms with Gasteiger partial charge in [-0.15, -0.1) is 0 Å². The first kappa shape index (κ1) is 17.7. The number of halogens is 1. The van der Waals surface area contributed by atoms with Gasteiger partial charge in [-0.05, 0) is 49.2 Å². The zero-order valence-corrected chi connectivity index (χ0v) is 14.8. The van der Waals surface area contributed by atoms with Gasteiger partial charge in [0.05, 0.1) is 30.9 Å². The average Bonchev–Trinajstić information content (AvgIpc) is 3.04. The zero-order chi connectivity index (χ0) is 17.6. The Morgan fingerprint density at radius 3 is 2.84 bits per heavy atom. The highest BCUT2D eigenvalue weighted by Gasteiger charge is 2.30. The van der Waals surface area contributed by atoms with E-state index >= 15 is 0 Å². The van der Waals surface area contributed by atoms with E-state index in [1.54, 1.807) is 30.6 Å². The number of carbonyl (C=O) groups excluding carboxylic acids is 1. The highest BCUT2D eigenvalue weighted by molar-refractivity contribution is 6.32. The van der Waals surface area contributed by atoms with Gasteiger partial charge in [0.15, 0.2) is 0 Å². The van der Waals surface area contributed by atoms with Crippen molar-refractivity contribution in [3.05, 3.63) is 58.9 Å². The van der Waals surface area contributed by atoms with Crippen LogP contribution in [0.5, 0.6) is 5.75 Å². The van der Waals surface area contributed by atoms with E-state index in [9.17, 15) is 4.79 Å². The van der Waals surface area contributed by atoms with Crippen molar-refractivity contribution in [1.82, 2.24) is 10.3 Å². The number of ether oxygens (including phenoxy) is 2. The number of nitrogens with one attached hydrogen (secondary N) is 1. The summed E-state index contributed by atoms with van der Waals surface area (Å²) in [5.74, 6) is 0.671. The molecule has 3 rings (SSSR count). The fourth-order valence-electron chi connectivity index (χ4n) is 2.95. The molecule has 25 heavy (non-hydrogen) atoms. The normalized spacial score (nSPS) is 19.6. The van der Waals surface area contributed by atoms with Crippen LogP contribution in [0.4, 0.5) is 0 Å². The summed E-state index contributed by atoms with van der Waals surface area (Å²) in [5.41, 5.74) is 1.71. The van der Waals surface area contributed by atoms with Crippen LogP contribution in [0.3, 0.4) is 0 Å². The standard InChI is InChI=1S/C19H21ClN2O3/c1-2-25-18-4-3-14(10-16(18)20)19(23)22-17-12-24-11-15(17)9-13-5-7-21-8-6-13/h3-8,10,15,17H,2,9,11-12H2,1H3,(H,22,23). The molecule has 1 aromatic carbocycles. The van der Waals surface area contributed by atoms with Crippen LogP contribution >= 0.6 is 11.6 Å². The fraction of sp³-hybridized carbons (Fsp3) is 0.368. The minimum atomic E-state index is -0.153. The average molecular weight is 361 g/mol. The molecule has 0 radical (unpaired) electrons. The molecular formula is C19H21ClN2O3. The number of pyridine rings is 1. The predicted molar refractivity (Wildman–Crippen MR) is 96.1 cm³/mol. The SMILES string of the molecule is CCOc1ccc(C(=O)NC2COCC2Cc2ccncc2)cc1Cl. The maximum atomic E-state index is 12.5. The third-order valence-corrected chi connectivity index (χ3v) is 4.55. The highest BCUT2D eigenvalue weighted by Crippen LogP contribution is 2.26. The molecule has 1 amide bonds. The number of benzene rings is 1. The van der Waals surface area contributed by atoms with Crippen LogP contribution in [0.1, 0.15) is 22.8 Å². The van der Waals surface area contributed by atoms with Crippen LogP contribution in [-0.4, -0.2) is 36.8 Å². The van der Waals surface area contributed by atoms with Crippen LogP contribution in [-0.2, 0) is 11.2 Å². The van der Waals surface area contributed by atoms with Crippen LogP contribution in [0.15, 0.2) is 42.7 Å². The van der Waals surface area contributed by atoms with E-state index in [4.69, 9.17) is 21.1 Å². The van der Waals surface area contributed by atoms with Crippen molar-refractivity contribution in [3.8, 4) is 5.75 Å². The van der Waals surface area contributed by atoms with Gasteiger partial charge in [0.1, 0.15) is 5.75 Å². The third-order valence-electron chi connectivity index (χ3n) is 4.26. The number of carbonyl (C=O) groups is 1. The van der Waals surface area contributed by atoms with E-state index in [1.165, 1.54) is 5.56 Å². The molecule has 2 aromatic rings. The summed E-state index contributed by atoms with van der Waals surface area (Å²) in [7, 11) is 0. The van der Waals surface area contributed by atoms with Crippen LogP contribution in [0, 0.1) is 5.92 Å². The molecule has 2 atom stereocenters. The number of hydrogen-bond acceptors (Lipinski definition) is 4. The summed E-state index contributed by atoms with van der Waals surface area (Å²) in [5, 5.41) is 3.50. The fourth-order valence-corrected chi connectivity index (χ4v) is 3.18. The number of hydrogen-bond donors (Lipinski definition) is 1. The molecule has 1 aliphatic rings. The molecule has 2 unspecified atom stereocenters. The quantitative estimate of drug-likeness (QED) is 0.859. The van der Waals surface area contributed by atoms with Crippen molar-refractivity contribution >= 4 is 17.5 Å². The first-order chi connectivity index (χ1) is 12.2. The molecule has 1 fully saturated rings. The summed E-state index contributed by atoms with van der Waals surface area (Å²) in [6, 6.07) is 9.04. The van der Waals surface area contributed by atoms with Gasteiger partial charge in [-0.1, -0.05) is 11.6 Å². The van der Waals surface area contributed by atoms with E-state index in [1.807, 2.05) is 19.1 Å². The predicted octanol–water partition coefficient (Wildman–Crippen LogP) is 3.12. The Hall–Kier alpha value is -2.11. The second-order valence-electron chi connectivity index (χ2n) is 6.02. The lowest BCUT2D eigenvalue weighted by Crippen LogP contribution is -2.40. The maximum Gasteiger partial charge on any atom is 0.251 e. The largest absolute Gasteiger partial charge is 0.492 e. The Kier molecular flexibility index (Phi) is 5.89. The van der Waals surface area contributed by atoms with E-state index in [-0.39, 0.29) is 17.9 Å². The van der Waals surface area contributed by atoms with E-state index < -0.39 is 0 Å². The van der Waals surface area contributed by atoms with E-state index in [0.29, 0.717) is 36.2 Å². The molecule has 1 saturated heterocycles. The molecule has 1 N–H and O–H groups in total. The van der Waals surface area contributed by atoms with Crippen molar-refractivity contribution < 1.29 is 14.3 Å². The van der Waals surface area contributed by atoms with Gasteiger partial charge in [0, 0.05) is 23.9 Å². The Morgan fingerprint density at radius 1 is 1.32 bits per heavy atom.